The average molecular weight is 1240 g/mol. The minimum absolute atomic E-state index is 0.504. The normalized spacial score (nSPS) is 13.3. The minimum atomic E-state index is -8.98. The van der Waals surface area contributed by atoms with E-state index in [0.29, 0.717) is 110 Å². The predicted octanol–water partition coefficient (Wildman–Crippen LogP) is 14.5. The highest BCUT2D eigenvalue weighted by molar-refractivity contribution is 6.97. The highest BCUT2D eigenvalue weighted by Crippen LogP contribution is 2.64. The monoisotopic (exact) mass is 1240 g/mol. The summed E-state index contributed by atoms with van der Waals surface area (Å²) < 4.78 is 424. The lowest BCUT2D eigenvalue weighted by molar-refractivity contribution is -0.454. The van der Waals surface area contributed by atoms with Gasteiger partial charge >= 0.3 is 95.8 Å². The van der Waals surface area contributed by atoms with Gasteiger partial charge in [0.25, 0.3) is 16.6 Å². The van der Waals surface area contributed by atoms with Crippen LogP contribution in [0.4, 0.5) is 123 Å². The maximum absolute atomic E-state index is 15.4. The second-order valence-corrected chi connectivity index (χ2v) is 23.2. The van der Waals surface area contributed by atoms with Crippen molar-refractivity contribution in [1.82, 2.24) is 0 Å². The fourth-order valence-electron chi connectivity index (χ4n) is 6.50. The number of hydrogen-bond acceptors (Lipinski definition) is 6. The van der Waals surface area contributed by atoms with Gasteiger partial charge in [0.1, 0.15) is 36.2 Å². The highest BCUT2D eigenvalue weighted by Gasteiger charge is 2.94. The maximum atomic E-state index is 15.4. The molecule has 0 aliphatic carbocycles. The third kappa shape index (κ3) is 12.8. The lowest BCUT2D eigenvalue weighted by atomic mass is 9.88. The molecule has 6 nitrogen and oxygen atoms in total. The van der Waals surface area contributed by atoms with E-state index in [4.69, 9.17) is 8.85 Å². The zero-order chi connectivity index (χ0) is 61.2. The van der Waals surface area contributed by atoms with Crippen molar-refractivity contribution in [2.24, 2.45) is 0 Å². The summed E-state index contributed by atoms with van der Waals surface area (Å²) in [7, 11) is -10.2. The molecule has 0 saturated heterocycles. The van der Waals surface area contributed by atoms with Crippen LogP contribution in [0.3, 0.4) is 0 Å². The van der Waals surface area contributed by atoms with E-state index in [0.717, 1.165) is 0 Å². The first-order valence-electron chi connectivity index (χ1n) is 20.7. The number of alkyl halides is 16. The first-order chi connectivity index (χ1) is 36.4. The molecular formula is C44H26F28O6Si2. The Morgan fingerprint density at radius 1 is 0.287 bits per heavy atom. The summed E-state index contributed by atoms with van der Waals surface area (Å²) in [6.45, 7) is -5.67. The zero-order valence-corrected chi connectivity index (χ0v) is 40.7. The molecule has 0 radical (unpaired) electrons. The molecule has 0 spiro atoms. The number of ether oxygens (including phenoxy) is 4. The SMILES string of the molecule is C[Si](OCC(F)(F)C(F)(F)C(F)(F)C(F)(F)C(F)(F)C(F)(F)C(F)(F)C(F)(F)CO[Si](C)(c1ccc(OC(F)=C(F)F)cc1)c1ccc(OC(F)=C(F)F)cc1)(c1ccc(OC(F)=C(F)F)cc1)c1ccc(OC(F)=C(F)F)cc1. The van der Waals surface area contributed by atoms with Crippen molar-refractivity contribution in [3.05, 3.63) is 145 Å². The summed E-state index contributed by atoms with van der Waals surface area (Å²) in [5.74, 6) is -69.7. The molecule has 0 bridgehead atoms. The molecule has 0 heterocycles. The van der Waals surface area contributed by atoms with Gasteiger partial charge in [-0.3, -0.25) is 0 Å². The standard InChI is InChI=1S/C44H26F28O6Si2/c1-79(25-11-3-21(4-12-25)75-33(53)29(45)46,26-13-5-22(6-14-26)76-34(54)30(47)48)73-19-37(57,58)39(61,62)41(65,66)43(69,70)44(71,72)42(67,68)40(63,64)38(59,60)20-74-80(2,27-15-7-23(8-16-27)77-35(55)31(49)50)28-17-9-24(10-18-28)78-36(56)32(51)52/h3-18H,19-20H2,1-2H3. The Balaban J connectivity index is 1.73. The first-order valence-corrected chi connectivity index (χ1v) is 25.5. The smallest absolute Gasteiger partial charge is 0.385 e. The van der Waals surface area contributed by atoms with Crippen LogP contribution >= 0.6 is 0 Å². The second-order valence-electron chi connectivity index (χ2n) is 16.1. The van der Waals surface area contributed by atoms with Crippen LogP contribution in [0.2, 0.25) is 13.1 Å². The van der Waals surface area contributed by atoms with Gasteiger partial charge in [-0.1, -0.05) is 48.5 Å². The van der Waals surface area contributed by atoms with Crippen molar-refractivity contribution in [3.63, 3.8) is 0 Å². The lowest BCUT2D eigenvalue weighted by Gasteiger charge is -2.44. The van der Waals surface area contributed by atoms with Crippen LogP contribution < -0.4 is 39.7 Å². The molecule has 0 aliphatic rings. The Morgan fingerprint density at radius 2 is 0.450 bits per heavy atom. The van der Waals surface area contributed by atoms with Crippen LogP contribution in [-0.2, 0) is 8.85 Å². The van der Waals surface area contributed by atoms with Crippen LogP contribution in [0.1, 0.15) is 0 Å². The lowest BCUT2D eigenvalue weighted by Crippen LogP contribution is -2.75. The van der Waals surface area contributed by atoms with Crippen molar-refractivity contribution >= 4 is 37.4 Å². The van der Waals surface area contributed by atoms with E-state index >= 15 is 70.2 Å². The molecule has 0 amide bonds. The van der Waals surface area contributed by atoms with Crippen LogP contribution in [0.15, 0.2) is 145 Å². The zero-order valence-electron chi connectivity index (χ0n) is 38.7. The Bertz CT molecular complexity index is 2600. The second kappa shape index (κ2) is 23.5. The van der Waals surface area contributed by atoms with E-state index in [1.807, 2.05) is 0 Å². The molecule has 0 unspecified atom stereocenters. The van der Waals surface area contributed by atoms with Gasteiger partial charge in [-0.05, 0) is 82.4 Å². The van der Waals surface area contributed by atoms with Gasteiger partial charge in [0.15, 0.2) is 0 Å². The Labute approximate surface area is 429 Å². The Kier molecular flexibility index (Phi) is 19.4. The molecule has 442 valence electrons. The molecule has 4 aromatic carbocycles. The summed E-state index contributed by atoms with van der Waals surface area (Å²) in [5, 5.41) is -2.68. The van der Waals surface area contributed by atoms with E-state index in [2.05, 4.69) is 18.9 Å². The van der Waals surface area contributed by atoms with Crippen LogP contribution in [0.5, 0.6) is 23.0 Å². The van der Waals surface area contributed by atoms with E-state index in [9.17, 15) is 52.7 Å². The largest absolute Gasteiger partial charge is 0.428 e. The summed E-state index contributed by atoms with van der Waals surface area (Å²) in [4.78, 5) is 0. The fourth-order valence-corrected chi connectivity index (χ4v) is 12.0. The van der Waals surface area contributed by atoms with Crippen LogP contribution in [-0.4, -0.2) is 77.2 Å². The molecule has 0 fully saturated rings. The van der Waals surface area contributed by atoms with Crippen molar-refractivity contribution in [3.8, 4) is 23.0 Å². The van der Waals surface area contributed by atoms with E-state index in [1.54, 1.807) is 0 Å². The van der Waals surface area contributed by atoms with Crippen LogP contribution in [0, 0.1) is 0 Å². The van der Waals surface area contributed by atoms with Gasteiger partial charge in [0, 0.05) is 0 Å². The molecule has 80 heavy (non-hydrogen) atoms. The first kappa shape index (κ1) is 65.9. The molecule has 0 aromatic heterocycles. The number of hydrogen-bond donors (Lipinski definition) is 0. The van der Waals surface area contributed by atoms with E-state index in [1.165, 1.54) is 0 Å². The van der Waals surface area contributed by atoms with Crippen molar-refractivity contribution in [2.45, 2.75) is 60.5 Å². The van der Waals surface area contributed by atoms with Gasteiger partial charge in [0.05, 0.1) is 0 Å². The summed E-state index contributed by atoms with van der Waals surface area (Å²) >= 11 is 0. The van der Waals surface area contributed by atoms with Gasteiger partial charge < -0.3 is 27.8 Å². The van der Waals surface area contributed by atoms with Crippen molar-refractivity contribution in [2.75, 3.05) is 13.2 Å². The predicted molar refractivity (Wildman–Crippen MR) is 223 cm³/mol. The molecule has 0 N–H and O–H groups in total. The Hall–Kier alpha value is -6.57. The van der Waals surface area contributed by atoms with E-state index < -0.39 is 169 Å². The molecule has 4 aromatic rings. The molecule has 36 heteroatoms. The third-order valence-electron chi connectivity index (χ3n) is 11.0. The molecule has 0 aliphatic heterocycles. The van der Waals surface area contributed by atoms with Gasteiger partial charge in [-0.15, -0.1) is 0 Å². The summed E-state index contributed by atoms with van der Waals surface area (Å²) in [6.07, 6.45) is -12.2. The highest BCUT2D eigenvalue weighted by atomic mass is 28.4. The summed E-state index contributed by atoms with van der Waals surface area (Å²) in [6, 6.07) is -1.63. The molecule has 0 saturated carbocycles. The topological polar surface area (TPSA) is 55.4 Å². The molecular weight excluding hydrogens is 1210 g/mol. The maximum Gasteiger partial charge on any atom is 0.385 e. The third-order valence-corrected chi connectivity index (χ3v) is 18.2. The number of benzene rings is 4. The minimum Gasteiger partial charge on any atom is -0.428 e. The van der Waals surface area contributed by atoms with Gasteiger partial charge in [-0.2, -0.15) is 123 Å². The van der Waals surface area contributed by atoms with E-state index in [-0.39, 0.29) is 0 Å². The quantitative estimate of drug-likeness (QED) is 0.0374. The van der Waals surface area contributed by atoms with Gasteiger partial charge in [-0.25, -0.2) is 0 Å². The molecule has 4 rings (SSSR count). The fraction of sp³-hybridized carbons (Fsp3) is 0.273. The van der Waals surface area contributed by atoms with Crippen LogP contribution in [0.25, 0.3) is 0 Å². The van der Waals surface area contributed by atoms with Gasteiger partial charge in [0.2, 0.25) is 0 Å². The van der Waals surface area contributed by atoms with Crippen molar-refractivity contribution < 1.29 is 151 Å². The average Bonchev–Trinajstić information content (AvgIpc) is 3.37. The number of rotatable bonds is 25. The summed E-state index contributed by atoms with van der Waals surface area (Å²) in [5.41, 5.74) is 0. The Morgan fingerprint density at radius 3 is 0.613 bits per heavy atom. The van der Waals surface area contributed by atoms with Crippen molar-refractivity contribution in [1.29, 1.82) is 0 Å². The number of halogens is 28. The molecule has 0 atom stereocenters.